The predicted octanol–water partition coefficient (Wildman–Crippen LogP) is 1.90. The van der Waals surface area contributed by atoms with E-state index in [0.29, 0.717) is 30.1 Å². The maximum Gasteiger partial charge on any atom is 0.273 e. The molecule has 1 fully saturated rings. The van der Waals surface area contributed by atoms with Crippen LogP contribution in [0.3, 0.4) is 0 Å². The Morgan fingerprint density at radius 1 is 1.33 bits per heavy atom. The Kier molecular flexibility index (Phi) is 5.14. The average Bonchev–Trinajstić information content (AvgIpc) is 2.47. The standard InChI is InChI=1S/C14H18ClN3O3/c1-11-12(3-2-4-13(11)18(20)21)14(19)17-9-7-16(6-5-15)8-10-17/h2-4H,5-10H2,1H3. The van der Waals surface area contributed by atoms with Gasteiger partial charge in [-0.2, -0.15) is 0 Å². The second kappa shape index (κ2) is 6.87. The van der Waals surface area contributed by atoms with Gasteiger partial charge in [-0.25, -0.2) is 0 Å². The van der Waals surface area contributed by atoms with Crippen LogP contribution in [0.25, 0.3) is 0 Å². The smallest absolute Gasteiger partial charge is 0.273 e. The van der Waals surface area contributed by atoms with Crippen LogP contribution in [0.15, 0.2) is 18.2 Å². The number of amides is 1. The minimum absolute atomic E-state index is 0.0124. The van der Waals surface area contributed by atoms with Crippen molar-refractivity contribution in [2.24, 2.45) is 0 Å². The third-order valence-corrected chi connectivity index (χ3v) is 3.96. The van der Waals surface area contributed by atoms with E-state index in [1.165, 1.54) is 6.07 Å². The normalized spacial score (nSPS) is 16.0. The highest BCUT2D eigenvalue weighted by Gasteiger charge is 2.25. The van der Waals surface area contributed by atoms with Crippen molar-refractivity contribution in [1.82, 2.24) is 9.80 Å². The van der Waals surface area contributed by atoms with Crippen LogP contribution < -0.4 is 0 Å². The third kappa shape index (κ3) is 3.51. The van der Waals surface area contributed by atoms with Crippen LogP contribution in [-0.2, 0) is 0 Å². The molecule has 0 atom stereocenters. The Morgan fingerprint density at radius 3 is 2.57 bits per heavy atom. The molecule has 1 aromatic rings. The quantitative estimate of drug-likeness (QED) is 0.484. The van der Waals surface area contributed by atoms with Gasteiger partial charge in [0, 0.05) is 55.8 Å². The molecule has 1 amide bonds. The van der Waals surface area contributed by atoms with Crippen LogP contribution in [-0.4, -0.2) is 59.2 Å². The highest BCUT2D eigenvalue weighted by Crippen LogP contribution is 2.22. The SMILES string of the molecule is Cc1c(C(=O)N2CCN(CCCl)CC2)cccc1[N+](=O)[O-]. The minimum Gasteiger partial charge on any atom is -0.336 e. The Morgan fingerprint density at radius 2 is 2.00 bits per heavy atom. The molecule has 6 nitrogen and oxygen atoms in total. The van der Waals surface area contributed by atoms with Gasteiger partial charge in [0.1, 0.15) is 0 Å². The fourth-order valence-electron chi connectivity index (χ4n) is 2.52. The number of alkyl halides is 1. The van der Waals surface area contributed by atoms with Gasteiger partial charge in [0.05, 0.1) is 4.92 Å². The maximum atomic E-state index is 12.5. The van der Waals surface area contributed by atoms with E-state index in [1.54, 1.807) is 24.0 Å². The van der Waals surface area contributed by atoms with Crippen molar-refractivity contribution >= 4 is 23.2 Å². The van der Waals surface area contributed by atoms with Gasteiger partial charge >= 0.3 is 0 Å². The number of piperazine rings is 1. The summed E-state index contributed by atoms with van der Waals surface area (Å²) in [5.74, 6) is 0.444. The molecule has 0 saturated carbocycles. The molecule has 0 bridgehead atoms. The molecule has 1 aliphatic heterocycles. The van der Waals surface area contributed by atoms with Crippen molar-refractivity contribution in [1.29, 1.82) is 0 Å². The minimum atomic E-state index is -0.454. The van der Waals surface area contributed by atoms with Crippen LogP contribution in [0.5, 0.6) is 0 Å². The molecule has 2 rings (SSSR count). The van der Waals surface area contributed by atoms with Gasteiger partial charge in [0.15, 0.2) is 0 Å². The Balaban J connectivity index is 2.11. The van der Waals surface area contributed by atoms with Gasteiger partial charge in [-0.3, -0.25) is 19.8 Å². The van der Waals surface area contributed by atoms with Gasteiger partial charge in [0.25, 0.3) is 11.6 Å². The summed E-state index contributed by atoms with van der Waals surface area (Å²) in [4.78, 5) is 27.0. The summed E-state index contributed by atoms with van der Waals surface area (Å²) in [7, 11) is 0. The van der Waals surface area contributed by atoms with Crippen LogP contribution >= 0.6 is 11.6 Å². The first-order valence-corrected chi connectivity index (χ1v) is 7.39. The lowest BCUT2D eigenvalue weighted by atomic mass is 10.1. The molecule has 0 unspecified atom stereocenters. The van der Waals surface area contributed by atoms with Gasteiger partial charge < -0.3 is 4.90 Å². The number of nitro groups is 1. The van der Waals surface area contributed by atoms with Crippen LogP contribution in [0, 0.1) is 17.0 Å². The number of carbonyl (C=O) groups excluding carboxylic acids is 1. The second-order valence-corrected chi connectivity index (χ2v) is 5.41. The molecule has 0 spiro atoms. The first kappa shape index (κ1) is 15.7. The molecular formula is C14H18ClN3O3. The van der Waals surface area contributed by atoms with E-state index in [1.807, 2.05) is 0 Å². The zero-order valence-corrected chi connectivity index (χ0v) is 12.7. The van der Waals surface area contributed by atoms with E-state index in [2.05, 4.69) is 4.90 Å². The number of nitro benzene ring substituents is 1. The summed E-state index contributed by atoms with van der Waals surface area (Å²) in [5.41, 5.74) is 0.826. The monoisotopic (exact) mass is 311 g/mol. The number of halogens is 1. The molecule has 114 valence electrons. The van der Waals surface area contributed by atoms with E-state index < -0.39 is 4.92 Å². The van der Waals surface area contributed by atoms with E-state index in [-0.39, 0.29) is 11.6 Å². The van der Waals surface area contributed by atoms with Crippen molar-refractivity contribution in [3.8, 4) is 0 Å². The third-order valence-electron chi connectivity index (χ3n) is 3.79. The molecule has 1 aromatic carbocycles. The van der Waals surface area contributed by atoms with E-state index >= 15 is 0 Å². The summed E-state index contributed by atoms with van der Waals surface area (Å²) in [6.45, 7) is 5.25. The van der Waals surface area contributed by atoms with E-state index in [0.717, 1.165) is 19.6 Å². The lowest BCUT2D eigenvalue weighted by Crippen LogP contribution is -2.49. The second-order valence-electron chi connectivity index (χ2n) is 5.03. The predicted molar refractivity (Wildman–Crippen MR) is 80.9 cm³/mol. The van der Waals surface area contributed by atoms with E-state index in [9.17, 15) is 14.9 Å². The fraction of sp³-hybridized carbons (Fsp3) is 0.500. The summed E-state index contributed by atoms with van der Waals surface area (Å²) in [5, 5.41) is 10.9. The number of carbonyl (C=O) groups is 1. The summed E-state index contributed by atoms with van der Waals surface area (Å²) >= 11 is 5.71. The van der Waals surface area contributed by atoms with Crippen LogP contribution in [0.4, 0.5) is 5.69 Å². The lowest BCUT2D eigenvalue weighted by molar-refractivity contribution is -0.385. The van der Waals surface area contributed by atoms with Gasteiger partial charge in [-0.05, 0) is 13.0 Å². The Hall–Kier alpha value is -1.66. The average molecular weight is 312 g/mol. The first-order chi connectivity index (χ1) is 10.0. The Labute approximate surface area is 128 Å². The number of rotatable bonds is 4. The van der Waals surface area contributed by atoms with Crippen LogP contribution in [0.1, 0.15) is 15.9 Å². The van der Waals surface area contributed by atoms with Crippen molar-refractivity contribution in [2.75, 3.05) is 38.6 Å². The van der Waals surface area contributed by atoms with Crippen molar-refractivity contribution in [3.05, 3.63) is 39.4 Å². The van der Waals surface area contributed by atoms with E-state index in [4.69, 9.17) is 11.6 Å². The summed E-state index contributed by atoms with van der Waals surface area (Å²) < 4.78 is 0. The number of hydrogen-bond acceptors (Lipinski definition) is 4. The molecule has 7 heteroatoms. The lowest BCUT2D eigenvalue weighted by Gasteiger charge is -2.34. The first-order valence-electron chi connectivity index (χ1n) is 6.86. The molecular weight excluding hydrogens is 294 g/mol. The Bertz CT molecular complexity index is 542. The number of nitrogens with zero attached hydrogens (tertiary/aromatic N) is 3. The number of benzene rings is 1. The summed E-state index contributed by atoms with van der Waals surface area (Å²) in [6, 6.07) is 4.63. The topological polar surface area (TPSA) is 66.7 Å². The van der Waals surface area contributed by atoms with Gasteiger partial charge in [0.2, 0.25) is 0 Å². The van der Waals surface area contributed by atoms with Gasteiger partial charge in [-0.15, -0.1) is 11.6 Å². The largest absolute Gasteiger partial charge is 0.336 e. The molecule has 0 radical (unpaired) electrons. The molecule has 0 aliphatic carbocycles. The molecule has 1 saturated heterocycles. The summed E-state index contributed by atoms with van der Waals surface area (Å²) in [6.07, 6.45) is 0. The number of hydrogen-bond donors (Lipinski definition) is 0. The van der Waals surface area contributed by atoms with Crippen molar-refractivity contribution in [2.45, 2.75) is 6.92 Å². The zero-order valence-electron chi connectivity index (χ0n) is 11.9. The molecule has 0 N–H and O–H groups in total. The van der Waals surface area contributed by atoms with Crippen molar-refractivity contribution in [3.63, 3.8) is 0 Å². The molecule has 21 heavy (non-hydrogen) atoms. The molecule has 1 heterocycles. The van der Waals surface area contributed by atoms with Gasteiger partial charge in [-0.1, -0.05) is 6.07 Å². The molecule has 0 aromatic heterocycles. The zero-order chi connectivity index (χ0) is 15.4. The highest BCUT2D eigenvalue weighted by atomic mass is 35.5. The van der Waals surface area contributed by atoms with Crippen LogP contribution in [0.2, 0.25) is 0 Å². The fourth-order valence-corrected chi connectivity index (χ4v) is 2.76. The van der Waals surface area contributed by atoms with Crippen molar-refractivity contribution < 1.29 is 9.72 Å². The highest BCUT2D eigenvalue weighted by molar-refractivity contribution is 6.18. The molecule has 1 aliphatic rings. The maximum absolute atomic E-state index is 12.5.